The Morgan fingerprint density at radius 1 is 1.40 bits per heavy atom. The molecule has 0 N–H and O–H groups in total. The van der Waals surface area contributed by atoms with Crippen LogP contribution in [0.2, 0.25) is 0 Å². The minimum Gasteiger partial charge on any atom is -0.251 e. The minimum absolute atomic E-state index is 0.596. The first-order chi connectivity index (χ1) is 9.63. The zero-order valence-corrected chi connectivity index (χ0v) is 14.0. The molecule has 0 spiro atoms. The van der Waals surface area contributed by atoms with Crippen LogP contribution in [0.4, 0.5) is 0 Å². The molecule has 0 saturated carbocycles. The van der Waals surface area contributed by atoms with Gasteiger partial charge < -0.3 is 0 Å². The van der Waals surface area contributed by atoms with Gasteiger partial charge >= 0.3 is 0 Å². The summed E-state index contributed by atoms with van der Waals surface area (Å²) in [5, 5.41) is 13.6. The topological polar surface area (TPSA) is 49.6 Å². The number of nitrogens with zero attached hydrogens (tertiary/aromatic N) is 3. The SMILES string of the molecule is Cc1c(C#N)cnc(-c2nccs2)c1SCSC(C)C. The Balaban J connectivity index is 2.37. The fraction of sp³-hybridized carbons (Fsp3) is 0.357. The maximum Gasteiger partial charge on any atom is 0.142 e. The first-order valence-electron chi connectivity index (χ1n) is 6.17. The summed E-state index contributed by atoms with van der Waals surface area (Å²) in [6, 6.07) is 2.21. The Labute approximate surface area is 131 Å². The van der Waals surface area contributed by atoms with Crippen molar-refractivity contribution in [2.24, 2.45) is 0 Å². The van der Waals surface area contributed by atoms with E-state index in [0.29, 0.717) is 10.8 Å². The molecule has 0 aliphatic carbocycles. The second-order valence-corrected chi connectivity index (χ2v) is 8.21. The maximum atomic E-state index is 9.16. The van der Waals surface area contributed by atoms with E-state index in [4.69, 9.17) is 5.26 Å². The minimum atomic E-state index is 0.596. The zero-order valence-electron chi connectivity index (χ0n) is 11.6. The summed E-state index contributed by atoms with van der Waals surface area (Å²) in [5.41, 5.74) is 2.54. The van der Waals surface area contributed by atoms with Gasteiger partial charge in [0.1, 0.15) is 16.8 Å². The molecule has 2 aromatic heterocycles. The highest BCUT2D eigenvalue weighted by atomic mass is 32.2. The van der Waals surface area contributed by atoms with E-state index in [2.05, 4.69) is 29.9 Å². The lowest BCUT2D eigenvalue weighted by molar-refractivity contribution is 1.12. The van der Waals surface area contributed by atoms with Crippen molar-refractivity contribution in [3.05, 3.63) is 28.9 Å². The van der Waals surface area contributed by atoms with Crippen LogP contribution in [0.1, 0.15) is 25.0 Å². The Bertz CT molecular complexity index is 615. The molecule has 0 radical (unpaired) electrons. The number of thiazole rings is 1. The molecule has 0 saturated heterocycles. The molecule has 3 nitrogen and oxygen atoms in total. The van der Waals surface area contributed by atoms with Crippen LogP contribution >= 0.6 is 34.9 Å². The fourth-order valence-electron chi connectivity index (χ4n) is 1.60. The van der Waals surface area contributed by atoms with Gasteiger partial charge in [-0.2, -0.15) is 5.26 Å². The Morgan fingerprint density at radius 3 is 2.80 bits per heavy atom. The summed E-state index contributed by atoms with van der Waals surface area (Å²) in [6.07, 6.45) is 3.43. The smallest absolute Gasteiger partial charge is 0.142 e. The Kier molecular flexibility index (Phi) is 5.46. The molecule has 0 aliphatic rings. The largest absolute Gasteiger partial charge is 0.251 e. The molecule has 6 heteroatoms. The van der Waals surface area contributed by atoms with Crippen molar-refractivity contribution in [2.75, 3.05) is 5.08 Å². The molecule has 104 valence electrons. The van der Waals surface area contributed by atoms with Gasteiger partial charge in [-0.25, -0.2) is 4.98 Å². The van der Waals surface area contributed by atoms with Gasteiger partial charge in [0.05, 0.1) is 5.56 Å². The van der Waals surface area contributed by atoms with E-state index in [0.717, 1.165) is 26.2 Å². The monoisotopic (exact) mass is 321 g/mol. The van der Waals surface area contributed by atoms with E-state index >= 15 is 0 Å². The van der Waals surface area contributed by atoms with Crippen molar-refractivity contribution in [3.8, 4) is 16.8 Å². The summed E-state index contributed by atoms with van der Waals surface area (Å²) < 4.78 is 0. The van der Waals surface area contributed by atoms with Crippen molar-refractivity contribution in [1.29, 1.82) is 5.26 Å². The highest BCUT2D eigenvalue weighted by Crippen LogP contribution is 2.36. The summed E-state index contributed by atoms with van der Waals surface area (Å²) in [5.74, 6) is 0. The molecule has 0 atom stereocenters. The molecule has 20 heavy (non-hydrogen) atoms. The van der Waals surface area contributed by atoms with Crippen molar-refractivity contribution in [1.82, 2.24) is 9.97 Å². The summed E-state index contributed by atoms with van der Waals surface area (Å²) in [6.45, 7) is 6.35. The Hall–Kier alpha value is -1.03. The average molecular weight is 321 g/mol. The van der Waals surface area contributed by atoms with Gasteiger partial charge in [0.25, 0.3) is 0 Å². The first kappa shape index (κ1) is 15.4. The number of aromatic nitrogens is 2. The molecule has 0 aliphatic heterocycles. The number of pyridine rings is 1. The third-order valence-corrected chi connectivity index (χ3v) is 5.89. The molecule has 0 bridgehead atoms. The molecule has 0 fully saturated rings. The van der Waals surface area contributed by atoms with Gasteiger partial charge in [-0.1, -0.05) is 13.8 Å². The van der Waals surface area contributed by atoms with Crippen LogP contribution in [0.5, 0.6) is 0 Å². The molecule has 2 heterocycles. The lowest BCUT2D eigenvalue weighted by Gasteiger charge is -2.11. The second-order valence-electron chi connectivity index (χ2n) is 4.40. The van der Waals surface area contributed by atoms with Gasteiger partial charge in [0.2, 0.25) is 0 Å². The standard InChI is InChI=1S/C14H15N3S3/c1-9(2)19-8-20-13-10(3)11(6-15)7-17-12(13)14-16-4-5-18-14/h4-5,7,9H,8H2,1-3H3. The third kappa shape index (κ3) is 3.54. The highest BCUT2D eigenvalue weighted by molar-refractivity contribution is 8.16. The van der Waals surface area contributed by atoms with E-state index in [1.807, 2.05) is 24.1 Å². The molecular formula is C14H15N3S3. The molecular weight excluding hydrogens is 306 g/mol. The number of thioether (sulfide) groups is 2. The predicted molar refractivity (Wildman–Crippen MR) is 88.2 cm³/mol. The van der Waals surface area contributed by atoms with Gasteiger partial charge in [-0.3, -0.25) is 4.98 Å². The van der Waals surface area contributed by atoms with Crippen LogP contribution < -0.4 is 0 Å². The number of nitriles is 1. The van der Waals surface area contributed by atoms with Crippen LogP contribution in [0.3, 0.4) is 0 Å². The van der Waals surface area contributed by atoms with E-state index in [1.54, 1.807) is 35.5 Å². The van der Waals surface area contributed by atoms with Crippen LogP contribution in [0.15, 0.2) is 22.7 Å². The quantitative estimate of drug-likeness (QED) is 0.596. The van der Waals surface area contributed by atoms with E-state index in [9.17, 15) is 0 Å². The van der Waals surface area contributed by atoms with Crippen molar-refractivity contribution >= 4 is 34.9 Å². The number of hydrogen-bond donors (Lipinski definition) is 0. The van der Waals surface area contributed by atoms with E-state index in [1.165, 1.54) is 0 Å². The van der Waals surface area contributed by atoms with Crippen molar-refractivity contribution < 1.29 is 0 Å². The lowest BCUT2D eigenvalue weighted by atomic mass is 10.1. The molecule has 2 rings (SSSR count). The van der Waals surface area contributed by atoms with Gasteiger partial charge in [0, 0.05) is 27.8 Å². The summed E-state index contributed by atoms with van der Waals surface area (Å²) >= 11 is 5.21. The van der Waals surface area contributed by atoms with Crippen molar-refractivity contribution in [2.45, 2.75) is 30.9 Å². The summed E-state index contributed by atoms with van der Waals surface area (Å²) in [4.78, 5) is 9.86. The average Bonchev–Trinajstić information content (AvgIpc) is 2.94. The zero-order chi connectivity index (χ0) is 14.5. The lowest BCUT2D eigenvalue weighted by Crippen LogP contribution is -1.96. The van der Waals surface area contributed by atoms with Crippen LogP contribution in [0, 0.1) is 18.3 Å². The second kappa shape index (κ2) is 7.11. The van der Waals surface area contributed by atoms with Gasteiger partial charge in [-0.15, -0.1) is 34.9 Å². The third-order valence-electron chi connectivity index (χ3n) is 2.64. The molecule has 0 amide bonds. The van der Waals surface area contributed by atoms with E-state index < -0.39 is 0 Å². The summed E-state index contributed by atoms with van der Waals surface area (Å²) in [7, 11) is 0. The maximum absolute atomic E-state index is 9.16. The fourth-order valence-corrected chi connectivity index (χ4v) is 4.74. The predicted octanol–water partition coefficient (Wildman–Crippen LogP) is 4.58. The van der Waals surface area contributed by atoms with Gasteiger partial charge in [0.15, 0.2) is 0 Å². The van der Waals surface area contributed by atoms with Gasteiger partial charge in [-0.05, 0) is 17.7 Å². The number of hydrogen-bond acceptors (Lipinski definition) is 6. The molecule has 0 unspecified atom stereocenters. The number of rotatable bonds is 5. The highest BCUT2D eigenvalue weighted by Gasteiger charge is 2.15. The Morgan fingerprint density at radius 2 is 2.20 bits per heavy atom. The molecule has 2 aromatic rings. The molecule has 0 aromatic carbocycles. The van der Waals surface area contributed by atoms with Crippen LogP contribution in [-0.2, 0) is 0 Å². The van der Waals surface area contributed by atoms with E-state index in [-0.39, 0.29) is 0 Å². The van der Waals surface area contributed by atoms with Crippen molar-refractivity contribution in [3.63, 3.8) is 0 Å². The van der Waals surface area contributed by atoms with Crippen LogP contribution in [-0.4, -0.2) is 20.3 Å². The normalized spacial score (nSPS) is 10.8. The first-order valence-corrected chi connectivity index (χ1v) is 9.08. The van der Waals surface area contributed by atoms with Crippen LogP contribution in [0.25, 0.3) is 10.7 Å².